The molecule has 0 aliphatic carbocycles. The third-order valence-electron chi connectivity index (χ3n) is 3.37. The Balaban J connectivity index is 1.40. The van der Waals surface area contributed by atoms with Gasteiger partial charge >= 0.3 is 0 Å². The zero-order valence-electron chi connectivity index (χ0n) is 12.9. The molecule has 4 rings (SSSR count). The molecule has 1 amide bonds. The number of amides is 1. The van der Waals surface area contributed by atoms with Gasteiger partial charge in [-0.2, -0.15) is 11.3 Å². The average Bonchev–Trinajstić information content (AvgIpc) is 3.37. The molecule has 0 unspecified atom stereocenters. The van der Waals surface area contributed by atoms with Crippen molar-refractivity contribution in [2.24, 2.45) is 0 Å². The first-order valence-corrected chi connectivity index (χ1v) is 10.1. The Morgan fingerprint density at radius 1 is 1.08 bits per heavy atom. The summed E-state index contributed by atoms with van der Waals surface area (Å²) >= 11 is 4.59. The van der Waals surface area contributed by atoms with Gasteiger partial charge < -0.3 is 5.32 Å². The first-order chi connectivity index (χ1) is 12.3. The first kappa shape index (κ1) is 16.1. The van der Waals surface area contributed by atoms with Crippen LogP contribution in [0.2, 0.25) is 0 Å². The third-order valence-corrected chi connectivity index (χ3v) is 5.75. The topological polar surface area (TPSA) is 67.8 Å². The highest BCUT2D eigenvalue weighted by Crippen LogP contribution is 2.27. The molecule has 0 saturated heterocycles. The third kappa shape index (κ3) is 3.81. The lowest BCUT2D eigenvalue weighted by atomic mass is 10.2. The van der Waals surface area contributed by atoms with Gasteiger partial charge in [0.1, 0.15) is 5.01 Å². The number of hydrogen-bond acceptors (Lipinski definition) is 7. The number of rotatable bonds is 5. The molecular weight excluding hydrogens is 372 g/mol. The molecule has 25 heavy (non-hydrogen) atoms. The number of thiazole rings is 2. The van der Waals surface area contributed by atoms with E-state index in [0.29, 0.717) is 5.13 Å². The zero-order chi connectivity index (χ0) is 17.1. The van der Waals surface area contributed by atoms with Gasteiger partial charge in [0.05, 0.1) is 17.8 Å². The van der Waals surface area contributed by atoms with E-state index in [1.807, 2.05) is 34.3 Å². The van der Waals surface area contributed by atoms with Crippen LogP contribution in [0.1, 0.15) is 5.69 Å². The maximum atomic E-state index is 12.2. The number of carbonyl (C=O) groups excluding carboxylic acids is 1. The monoisotopic (exact) mass is 384 g/mol. The normalized spacial score (nSPS) is 10.7. The van der Waals surface area contributed by atoms with Gasteiger partial charge in [0.25, 0.3) is 0 Å². The standard InChI is InChI=1S/C17H12N4OS3/c22-15(6-13-9-24-16(19-13)12-3-5-23-8-12)21-17-20-14(10-25-17)11-2-1-4-18-7-11/h1-5,7-10H,6H2,(H,20,21,22). The molecular formula is C17H12N4OS3. The summed E-state index contributed by atoms with van der Waals surface area (Å²) in [5, 5.41) is 12.3. The van der Waals surface area contributed by atoms with E-state index >= 15 is 0 Å². The Morgan fingerprint density at radius 3 is 2.84 bits per heavy atom. The van der Waals surface area contributed by atoms with Crippen molar-refractivity contribution in [1.82, 2.24) is 15.0 Å². The van der Waals surface area contributed by atoms with Crippen LogP contribution in [0.25, 0.3) is 21.8 Å². The van der Waals surface area contributed by atoms with Crippen molar-refractivity contribution >= 4 is 45.0 Å². The molecule has 4 aromatic rings. The van der Waals surface area contributed by atoms with E-state index in [2.05, 4.69) is 25.6 Å². The quantitative estimate of drug-likeness (QED) is 0.547. The maximum Gasteiger partial charge on any atom is 0.232 e. The number of anilines is 1. The molecule has 5 nitrogen and oxygen atoms in total. The number of aromatic nitrogens is 3. The van der Waals surface area contributed by atoms with Crippen LogP contribution < -0.4 is 5.32 Å². The van der Waals surface area contributed by atoms with Crippen LogP contribution in [0.4, 0.5) is 5.13 Å². The molecule has 0 aromatic carbocycles. The lowest BCUT2D eigenvalue weighted by Gasteiger charge is -1.99. The summed E-state index contributed by atoms with van der Waals surface area (Å²) in [5.74, 6) is -0.116. The average molecular weight is 385 g/mol. The number of nitrogens with zero attached hydrogens (tertiary/aromatic N) is 3. The fourth-order valence-corrected chi connectivity index (χ4v) is 4.48. The lowest BCUT2D eigenvalue weighted by molar-refractivity contribution is -0.115. The van der Waals surface area contributed by atoms with Crippen LogP contribution in [0.15, 0.2) is 52.1 Å². The number of carbonyl (C=O) groups is 1. The minimum atomic E-state index is -0.116. The Hall–Kier alpha value is -2.42. The fourth-order valence-electron chi connectivity index (χ4n) is 2.21. The van der Waals surface area contributed by atoms with Crippen LogP contribution in [-0.2, 0) is 11.2 Å². The van der Waals surface area contributed by atoms with Crippen molar-refractivity contribution in [3.63, 3.8) is 0 Å². The predicted octanol–water partition coefficient (Wildman–Crippen LogP) is 4.57. The van der Waals surface area contributed by atoms with Gasteiger partial charge in [-0.3, -0.25) is 9.78 Å². The van der Waals surface area contributed by atoms with E-state index < -0.39 is 0 Å². The first-order valence-electron chi connectivity index (χ1n) is 7.41. The van der Waals surface area contributed by atoms with Crippen molar-refractivity contribution in [2.75, 3.05) is 5.32 Å². The molecule has 124 valence electrons. The molecule has 0 aliphatic rings. The molecule has 0 spiro atoms. The molecule has 0 fully saturated rings. The Kier molecular flexibility index (Phi) is 4.64. The summed E-state index contributed by atoms with van der Waals surface area (Å²) < 4.78 is 0. The largest absolute Gasteiger partial charge is 0.302 e. The SMILES string of the molecule is O=C(Cc1csc(-c2ccsc2)n1)Nc1nc(-c2cccnc2)cs1. The van der Waals surface area contributed by atoms with Crippen molar-refractivity contribution in [2.45, 2.75) is 6.42 Å². The number of pyridine rings is 1. The second-order valence-corrected chi connectivity index (χ2v) is 7.66. The minimum Gasteiger partial charge on any atom is -0.302 e. The Labute approximate surface area is 156 Å². The van der Waals surface area contributed by atoms with Crippen LogP contribution in [-0.4, -0.2) is 20.9 Å². The maximum absolute atomic E-state index is 12.2. The van der Waals surface area contributed by atoms with Gasteiger partial charge in [0, 0.05) is 39.7 Å². The summed E-state index contributed by atoms with van der Waals surface area (Å²) in [7, 11) is 0. The summed E-state index contributed by atoms with van der Waals surface area (Å²) in [5.41, 5.74) is 3.61. The molecule has 1 N–H and O–H groups in total. The highest BCUT2D eigenvalue weighted by molar-refractivity contribution is 7.14. The van der Waals surface area contributed by atoms with Crippen LogP contribution in [0.3, 0.4) is 0 Å². The number of thiophene rings is 1. The predicted molar refractivity (Wildman–Crippen MR) is 103 cm³/mol. The van der Waals surface area contributed by atoms with Gasteiger partial charge in [-0.1, -0.05) is 0 Å². The summed E-state index contributed by atoms with van der Waals surface area (Å²) in [6.45, 7) is 0. The van der Waals surface area contributed by atoms with Crippen molar-refractivity contribution in [1.29, 1.82) is 0 Å². The minimum absolute atomic E-state index is 0.116. The van der Waals surface area contributed by atoms with Gasteiger partial charge in [0.15, 0.2) is 5.13 Å². The molecule has 8 heteroatoms. The summed E-state index contributed by atoms with van der Waals surface area (Å²) in [4.78, 5) is 25.3. The molecule has 0 aliphatic heterocycles. The molecule has 0 atom stereocenters. The Bertz CT molecular complexity index is 976. The number of hydrogen-bond donors (Lipinski definition) is 1. The molecule has 0 saturated carbocycles. The van der Waals surface area contributed by atoms with E-state index in [-0.39, 0.29) is 12.3 Å². The van der Waals surface area contributed by atoms with Crippen LogP contribution in [0, 0.1) is 0 Å². The Morgan fingerprint density at radius 2 is 2.04 bits per heavy atom. The van der Waals surface area contributed by atoms with E-state index in [4.69, 9.17) is 0 Å². The highest BCUT2D eigenvalue weighted by atomic mass is 32.1. The zero-order valence-corrected chi connectivity index (χ0v) is 15.3. The van der Waals surface area contributed by atoms with Gasteiger partial charge in [-0.25, -0.2) is 9.97 Å². The molecule has 4 heterocycles. The van der Waals surface area contributed by atoms with E-state index in [1.54, 1.807) is 35.1 Å². The van der Waals surface area contributed by atoms with Crippen molar-refractivity contribution < 1.29 is 4.79 Å². The van der Waals surface area contributed by atoms with Crippen LogP contribution in [0.5, 0.6) is 0 Å². The summed E-state index contributed by atoms with van der Waals surface area (Å²) in [6.07, 6.45) is 3.71. The smallest absolute Gasteiger partial charge is 0.232 e. The van der Waals surface area contributed by atoms with Gasteiger partial charge in [0.2, 0.25) is 5.91 Å². The molecule has 0 radical (unpaired) electrons. The highest BCUT2D eigenvalue weighted by Gasteiger charge is 2.12. The molecule has 0 bridgehead atoms. The van der Waals surface area contributed by atoms with E-state index in [1.165, 1.54) is 11.3 Å². The second-order valence-electron chi connectivity index (χ2n) is 5.16. The van der Waals surface area contributed by atoms with E-state index in [9.17, 15) is 4.79 Å². The fraction of sp³-hybridized carbons (Fsp3) is 0.0588. The second kappa shape index (κ2) is 7.22. The van der Waals surface area contributed by atoms with Crippen molar-refractivity contribution in [3.05, 3.63) is 57.8 Å². The van der Waals surface area contributed by atoms with E-state index in [0.717, 1.165) is 27.5 Å². The van der Waals surface area contributed by atoms with Crippen molar-refractivity contribution in [3.8, 4) is 21.8 Å². The van der Waals surface area contributed by atoms with Gasteiger partial charge in [-0.15, -0.1) is 22.7 Å². The summed E-state index contributed by atoms with van der Waals surface area (Å²) in [6, 6.07) is 5.83. The molecule has 4 aromatic heterocycles. The number of nitrogens with one attached hydrogen (secondary N) is 1. The van der Waals surface area contributed by atoms with Crippen LogP contribution >= 0.6 is 34.0 Å². The van der Waals surface area contributed by atoms with Gasteiger partial charge in [-0.05, 0) is 23.6 Å². The lowest BCUT2D eigenvalue weighted by Crippen LogP contribution is -2.14.